The fourth-order valence-corrected chi connectivity index (χ4v) is 2.90. The van der Waals surface area contributed by atoms with Gasteiger partial charge in [-0.3, -0.25) is 4.79 Å². The Labute approximate surface area is 140 Å². The monoisotopic (exact) mass is 324 g/mol. The first kappa shape index (κ1) is 16.2. The average Bonchev–Trinajstić information content (AvgIpc) is 2.61. The number of halogens is 1. The maximum absolute atomic E-state index is 14.0. The Balaban J connectivity index is 1.93. The highest BCUT2D eigenvalue weighted by Crippen LogP contribution is 2.30. The standard InChI is InChI=1S/C19H17FN2O2/c1-13(23)14-6-7-15(11-21)18(10-14)22-8-9-24-19(12-22)16-4-2-3-5-17(16)20/h2-7,10,19H,8-9,12H2,1H3. The van der Waals surface area contributed by atoms with Gasteiger partial charge in [0.05, 0.1) is 17.9 Å². The number of hydrogen-bond donors (Lipinski definition) is 0. The molecule has 3 rings (SSSR count). The van der Waals surface area contributed by atoms with Crippen LogP contribution < -0.4 is 4.90 Å². The molecule has 0 radical (unpaired) electrons. The second kappa shape index (κ2) is 6.81. The van der Waals surface area contributed by atoms with Crippen molar-refractivity contribution in [2.75, 3.05) is 24.6 Å². The predicted octanol–water partition coefficient (Wildman–Crippen LogP) is 3.48. The molecule has 1 aliphatic heterocycles. The number of nitriles is 1. The third-order valence-electron chi connectivity index (χ3n) is 4.18. The number of nitrogens with zero attached hydrogens (tertiary/aromatic N) is 2. The van der Waals surface area contributed by atoms with Crippen LogP contribution in [-0.2, 0) is 4.74 Å². The highest BCUT2D eigenvalue weighted by Gasteiger charge is 2.26. The maximum Gasteiger partial charge on any atom is 0.159 e. The number of benzene rings is 2. The van der Waals surface area contributed by atoms with E-state index in [0.29, 0.717) is 42.1 Å². The van der Waals surface area contributed by atoms with Crippen molar-refractivity contribution in [1.82, 2.24) is 0 Å². The third kappa shape index (κ3) is 3.15. The van der Waals surface area contributed by atoms with Crippen molar-refractivity contribution in [3.63, 3.8) is 0 Å². The van der Waals surface area contributed by atoms with Crippen LogP contribution in [0.25, 0.3) is 0 Å². The van der Waals surface area contributed by atoms with Crippen molar-refractivity contribution in [3.05, 3.63) is 65.0 Å². The summed E-state index contributed by atoms with van der Waals surface area (Å²) in [6, 6.07) is 13.7. The Morgan fingerprint density at radius 2 is 2.12 bits per heavy atom. The van der Waals surface area contributed by atoms with Gasteiger partial charge in [0.1, 0.15) is 18.0 Å². The molecule has 122 valence electrons. The molecule has 0 amide bonds. The Hall–Kier alpha value is -2.71. The van der Waals surface area contributed by atoms with Gasteiger partial charge >= 0.3 is 0 Å². The number of rotatable bonds is 3. The summed E-state index contributed by atoms with van der Waals surface area (Å²) in [6.45, 7) is 2.93. The minimum atomic E-state index is -0.410. The van der Waals surface area contributed by atoms with Crippen molar-refractivity contribution in [1.29, 1.82) is 5.26 Å². The van der Waals surface area contributed by atoms with Crippen LogP contribution >= 0.6 is 0 Å². The molecule has 5 heteroatoms. The molecule has 2 aromatic carbocycles. The van der Waals surface area contributed by atoms with Crippen LogP contribution in [0.3, 0.4) is 0 Å². The first-order valence-electron chi connectivity index (χ1n) is 7.76. The smallest absolute Gasteiger partial charge is 0.159 e. The Kier molecular flexibility index (Phi) is 4.59. The molecule has 1 aliphatic rings. The lowest BCUT2D eigenvalue weighted by molar-refractivity contribution is 0.0375. The summed E-state index contributed by atoms with van der Waals surface area (Å²) in [5.41, 5.74) is 2.24. The van der Waals surface area contributed by atoms with Gasteiger partial charge < -0.3 is 9.64 Å². The van der Waals surface area contributed by atoms with Crippen molar-refractivity contribution >= 4 is 11.5 Å². The first-order valence-corrected chi connectivity index (χ1v) is 7.76. The largest absolute Gasteiger partial charge is 0.370 e. The molecule has 0 aliphatic carbocycles. The third-order valence-corrected chi connectivity index (χ3v) is 4.18. The molecular formula is C19H17FN2O2. The molecule has 1 unspecified atom stereocenters. The van der Waals surface area contributed by atoms with E-state index in [1.807, 2.05) is 4.90 Å². The SMILES string of the molecule is CC(=O)c1ccc(C#N)c(N2CCOC(c3ccccc3F)C2)c1. The van der Waals surface area contributed by atoms with E-state index in [-0.39, 0.29) is 11.6 Å². The van der Waals surface area contributed by atoms with Gasteiger partial charge in [0.15, 0.2) is 5.78 Å². The summed E-state index contributed by atoms with van der Waals surface area (Å²) in [6.07, 6.45) is -0.410. The van der Waals surface area contributed by atoms with Gasteiger partial charge in [0.2, 0.25) is 0 Å². The van der Waals surface area contributed by atoms with Gasteiger partial charge in [-0.2, -0.15) is 5.26 Å². The van der Waals surface area contributed by atoms with Gasteiger partial charge in [0.25, 0.3) is 0 Å². The number of anilines is 1. The van der Waals surface area contributed by atoms with E-state index in [9.17, 15) is 14.4 Å². The molecule has 0 aromatic heterocycles. The van der Waals surface area contributed by atoms with Crippen LogP contribution in [0.15, 0.2) is 42.5 Å². The fourth-order valence-electron chi connectivity index (χ4n) is 2.90. The number of Topliss-reactive ketones (excluding diaryl/α,β-unsaturated/α-hetero) is 1. The van der Waals surface area contributed by atoms with Crippen molar-refractivity contribution < 1.29 is 13.9 Å². The highest BCUT2D eigenvalue weighted by atomic mass is 19.1. The topological polar surface area (TPSA) is 53.3 Å². The molecule has 1 atom stereocenters. The van der Waals surface area contributed by atoms with Crippen LogP contribution in [-0.4, -0.2) is 25.5 Å². The van der Waals surface area contributed by atoms with E-state index in [1.54, 1.807) is 36.4 Å². The Bertz CT molecular complexity index is 813. The van der Waals surface area contributed by atoms with Crippen LogP contribution in [0, 0.1) is 17.1 Å². The number of ketones is 1. The molecule has 1 saturated heterocycles. The summed E-state index contributed by atoms with van der Waals surface area (Å²) in [4.78, 5) is 13.6. The van der Waals surface area contributed by atoms with Crippen LogP contribution in [0.5, 0.6) is 0 Å². The second-order valence-electron chi connectivity index (χ2n) is 5.73. The summed E-state index contributed by atoms with van der Waals surface area (Å²) < 4.78 is 19.7. The molecule has 24 heavy (non-hydrogen) atoms. The van der Waals surface area contributed by atoms with Crippen molar-refractivity contribution in [2.45, 2.75) is 13.0 Å². The minimum absolute atomic E-state index is 0.0559. The quantitative estimate of drug-likeness (QED) is 0.811. The van der Waals surface area contributed by atoms with Gasteiger partial charge in [-0.15, -0.1) is 0 Å². The number of carbonyl (C=O) groups excluding carboxylic acids is 1. The number of ether oxygens (including phenoxy) is 1. The molecule has 0 saturated carbocycles. The van der Waals surface area contributed by atoms with Gasteiger partial charge in [-0.1, -0.05) is 18.2 Å². The van der Waals surface area contributed by atoms with E-state index < -0.39 is 6.10 Å². The average molecular weight is 324 g/mol. The molecule has 4 nitrogen and oxygen atoms in total. The van der Waals surface area contributed by atoms with Crippen LogP contribution in [0.2, 0.25) is 0 Å². The molecule has 0 spiro atoms. The number of hydrogen-bond acceptors (Lipinski definition) is 4. The van der Waals surface area contributed by atoms with Crippen LogP contribution in [0.1, 0.15) is 34.5 Å². The zero-order valence-electron chi connectivity index (χ0n) is 13.3. The Morgan fingerprint density at radius 1 is 1.33 bits per heavy atom. The van der Waals surface area contributed by atoms with Crippen molar-refractivity contribution in [2.24, 2.45) is 0 Å². The minimum Gasteiger partial charge on any atom is -0.370 e. The summed E-state index contributed by atoms with van der Waals surface area (Å²) in [5, 5.41) is 9.35. The summed E-state index contributed by atoms with van der Waals surface area (Å²) in [7, 11) is 0. The maximum atomic E-state index is 14.0. The zero-order valence-corrected chi connectivity index (χ0v) is 13.3. The van der Waals surface area contributed by atoms with Crippen LogP contribution in [0.4, 0.5) is 10.1 Å². The van der Waals surface area contributed by atoms with Gasteiger partial charge in [0, 0.05) is 24.2 Å². The number of morpholine rings is 1. The summed E-state index contributed by atoms with van der Waals surface area (Å²) >= 11 is 0. The molecular weight excluding hydrogens is 307 g/mol. The zero-order chi connectivity index (χ0) is 17.1. The summed E-state index contributed by atoms with van der Waals surface area (Å²) in [5.74, 6) is -0.359. The van der Waals surface area contributed by atoms with E-state index in [4.69, 9.17) is 4.74 Å². The molecule has 1 heterocycles. The fraction of sp³-hybridized carbons (Fsp3) is 0.263. The molecule has 0 bridgehead atoms. The normalized spacial score (nSPS) is 17.4. The van der Waals surface area contributed by atoms with Gasteiger partial charge in [-0.25, -0.2) is 4.39 Å². The number of carbonyl (C=O) groups is 1. The molecule has 1 fully saturated rings. The van der Waals surface area contributed by atoms with E-state index in [1.165, 1.54) is 13.0 Å². The first-order chi connectivity index (χ1) is 11.6. The van der Waals surface area contributed by atoms with E-state index in [2.05, 4.69) is 6.07 Å². The Morgan fingerprint density at radius 3 is 2.83 bits per heavy atom. The molecule has 2 aromatic rings. The lowest BCUT2D eigenvalue weighted by Gasteiger charge is -2.35. The van der Waals surface area contributed by atoms with E-state index in [0.717, 1.165) is 0 Å². The lowest BCUT2D eigenvalue weighted by atomic mass is 10.0. The second-order valence-corrected chi connectivity index (χ2v) is 5.73. The van der Waals surface area contributed by atoms with Crippen molar-refractivity contribution in [3.8, 4) is 6.07 Å². The highest BCUT2D eigenvalue weighted by molar-refractivity contribution is 5.95. The molecule has 0 N–H and O–H groups in total. The predicted molar refractivity (Wildman–Crippen MR) is 88.5 cm³/mol. The van der Waals surface area contributed by atoms with Gasteiger partial charge in [-0.05, 0) is 31.2 Å². The lowest BCUT2D eigenvalue weighted by Crippen LogP contribution is -2.39. The van der Waals surface area contributed by atoms with E-state index >= 15 is 0 Å².